The van der Waals surface area contributed by atoms with Crippen LogP contribution in [0.4, 0.5) is 4.39 Å². The Labute approximate surface area is 121 Å². The fourth-order valence-corrected chi connectivity index (χ4v) is 2.66. The van der Waals surface area contributed by atoms with Crippen LogP contribution in [0.15, 0.2) is 41.9 Å². The summed E-state index contributed by atoms with van der Waals surface area (Å²) in [4.78, 5) is 8.78. The van der Waals surface area contributed by atoms with Gasteiger partial charge in [-0.25, -0.2) is 9.37 Å². The van der Waals surface area contributed by atoms with Crippen molar-refractivity contribution >= 4 is 11.3 Å². The lowest BCUT2D eigenvalue weighted by Gasteiger charge is -2.05. The monoisotopic (exact) mass is 284 g/mol. The number of thiazole rings is 1. The molecule has 3 rings (SSSR count). The Bertz CT molecular complexity index is 747. The summed E-state index contributed by atoms with van der Waals surface area (Å²) in [5.74, 6) is -0.250. The summed E-state index contributed by atoms with van der Waals surface area (Å²) in [7, 11) is 0. The molecule has 0 aliphatic rings. The van der Waals surface area contributed by atoms with E-state index < -0.39 is 0 Å². The molecule has 0 saturated carbocycles. The van der Waals surface area contributed by atoms with Crippen molar-refractivity contribution in [3.63, 3.8) is 0 Å². The van der Waals surface area contributed by atoms with Gasteiger partial charge in [-0.3, -0.25) is 4.98 Å². The first-order valence-electron chi connectivity index (χ1n) is 6.28. The number of halogens is 1. The van der Waals surface area contributed by atoms with Crippen LogP contribution in [0.3, 0.4) is 0 Å². The van der Waals surface area contributed by atoms with Gasteiger partial charge >= 0.3 is 0 Å². The molecule has 0 fully saturated rings. The Morgan fingerprint density at radius 3 is 2.55 bits per heavy atom. The van der Waals surface area contributed by atoms with E-state index in [9.17, 15) is 4.39 Å². The molecule has 0 spiro atoms. The van der Waals surface area contributed by atoms with Crippen LogP contribution in [-0.2, 0) is 0 Å². The highest BCUT2D eigenvalue weighted by atomic mass is 32.1. The predicted octanol–water partition coefficient (Wildman–Crippen LogP) is 4.63. The number of hydrogen-bond acceptors (Lipinski definition) is 3. The molecule has 2 aromatic heterocycles. The summed E-state index contributed by atoms with van der Waals surface area (Å²) in [5, 5.41) is 3.02. The Morgan fingerprint density at radius 1 is 1.05 bits per heavy atom. The zero-order chi connectivity index (χ0) is 14.1. The van der Waals surface area contributed by atoms with Crippen molar-refractivity contribution in [1.82, 2.24) is 9.97 Å². The van der Waals surface area contributed by atoms with Gasteiger partial charge in [-0.1, -0.05) is 11.6 Å². The molecule has 1 aromatic carbocycles. The second-order valence-corrected chi connectivity index (χ2v) is 5.73. The van der Waals surface area contributed by atoms with Crippen LogP contribution < -0.4 is 0 Å². The van der Waals surface area contributed by atoms with Crippen LogP contribution in [0.5, 0.6) is 0 Å². The number of benzene rings is 1. The lowest BCUT2D eigenvalue weighted by molar-refractivity contribution is 0.630. The van der Waals surface area contributed by atoms with Gasteiger partial charge in [0.2, 0.25) is 0 Å². The summed E-state index contributed by atoms with van der Waals surface area (Å²) >= 11 is 1.61. The van der Waals surface area contributed by atoms with E-state index in [4.69, 9.17) is 0 Å². The zero-order valence-electron chi connectivity index (χ0n) is 11.2. The standard InChI is InChI=1S/C16H13FN2S/c1-10-3-5-14(17)13(7-10)15-6-4-12(8-18-15)16-9-20-11(2)19-16/h3-9H,1-2H3. The average Bonchev–Trinajstić information content (AvgIpc) is 2.88. The van der Waals surface area contributed by atoms with E-state index in [0.29, 0.717) is 11.3 Å². The molecule has 2 nitrogen and oxygen atoms in total. The maximum absolute atomic E-state index is 13.8. The summed E-state index contributed by atoms with van der Waals surface area (Å²) in [6.07, 6.45) is 1.74. The van der Waals surface area contributed by atoms with E-state index in [1.165, 1.54) is 6.07 Å². The quantitative estimate of drug-likeness (QED) is 0.685. The molecule has 100 valence electrons. The second-order valence-electron chi connectivity index (χ2n) is 4.67. The molecular formula is C16H13FN2S. The lowest BCUT2D eigenvalue weighted by atomic mass is 10.1. The van der Waals surface area contributed by atoms with Gasteiger partial charge in [0.1, 0.15) is 5.82 Å². The minimum atomic E-state index is -0.250. The zero-order valence-corrected chi connectivity index (χ0v) is 12.0. The van der Waals surface area contributed by atoms with Crippen LogP contribution in [0.2, 0.25) is 0 Å². The number of hydrogen-bond donors (Lipinski definition) is 0. The highest BCUT2D eigenvalue weighted by molar-refractivity contribution is 7.09. The van der Waals surface area contributed by atoms with Gasteiger partial charge < -0.3 is 0 Å². The van der Waals surface area contributed by atoms with Gasteiger partial charge in [-0.2, -0.15) is 0 Å². The maximum Gasteiger partial charge on any atom is 0.132 e. The van der Waals surface area contributed by atoms with Gasteiger partial charge in [0.05, 0.1) is 16.4 Å². The minimum Gasteiger partial charge on any atom is -0.255 e. The molecular weight excluding hydrogens is 271 g/mol. The van der Waals surface area contributed by atoms with Crippen molar-refractivity contribution in [2.24, 2.45) is 0 Å². The molecule has 0 bridgehead atoms. The molecule has 0 saturated heterocycles. The third kappa shape index (κ3) is 2.47. The minimum absolute atomic E-state index is 0.250. The molecule has 3 aromatic rings. The topological polar surface area (TPSA) is 25.8 Å². The van der Waals surface area contributed by atoms with E-state index in [0.717, 1.165) is 21.8 Å². The predicted molar refractivity (Wildman–Crippen MR) is 80.2 cm³/mol. The van der Waals surface area contributed by atoms with Crippen LogP contribution in [0.25, 0.3) is 22.5 Å². The first-order valence-corrected chi connectivity index (χ1v) is 7.16. The fourth-order valence-electron chi connectivity index (χ4n) is 2.04. The van der Waals surface area contributed by atoms with E-state index in [2.05, 4.69) is 9.97 Å². The summed E-state index contributed by atoms with van der Waals surface area (Å²) in [6, 6.07) is 8.81. The van der Waals surface area contributed by atoms with Crippen molar-refractivity contribution in [2.75, 3.05) is 0 Å². The Balaban J connectivity index is 1.99. The number of aryl methyl sites for hydroxylation is 2. The SMILES string of the molecule is Cc1ccc(F)c(-c2ccc(-c3csc(C)n3)cn2)c1. The molecule has 0 radical (unpaired) electrons. The average molecular weight is 284 g/mol. The van der Waals surface area contributed by atoms with E-state index in [1.807, 2.05) is 37.4 Å². The van der Waals surface area contributed by atoms with Gasteiger partial charge in [0, 0.05) is 22.7 Å². The summed E-state index contributed by atoms with van der Waals surface area (Å²) in [6.45, 7) is 3.91. The third-order valence-electron chi connectivity index (χ3n) is 3.08. The summed E-state index contributed by atoms with van der Waals surface area (Å²) < 4.78 is 13.8. The Kier molecular flexibility index (Phi) is 3.32. The van der Waals surface area contributed by atoms with Crippen LogP contribution in [0.1, 0.15) is 10.6 Å². The molecule has 0 N–H and O–H groups in total. The van der Waals surface area contributed by atoms with Crippen molar-refractivity contribution in [3.8, 4) is 22.5 Å². The van der Waals surface area contributed by atoms with Crippen molar-refractivity contribution in [1.29, 1.82) is 0 Å². The van der Waals surface area contributed by atoms with Crippen LogP contribution >= 0.6 is 11.3 Å². The molecule has 0 aliphatic carbocycles. The molecule has 0 amide bonds. The summed E-state index contributed by atoms with van der Waals surface area (Å²) in [5.41, 5.74) is 4.05. The number of nitrogens with zero attached hydrogens (tertiary/aromatic N) is 2. The van der Waals surface area contributed by atoms with Crippen molar-refractivity contribution < 1.29 is 4.39 Å². The van der Waals surface area contributed by atoms with Crippen LogP contribution in [0, 0.1) is 19.7 Å². The van der Waals surface area contributed by atoms with Gasteiger partial charge in [0.25, 0.3) is 0 Å². The highest BCUT2D eigenvalue weighted by Gasteiger charge is 2.08. The fraction of sp³-hybridized carbons (Fsp3) is 0.125. The molecule has 2 heterocycles. The number of pyridine rings is 1. The molecule has 20 heavy (non-hydrogen) atoms. The van der Waals surface area contributed by atoms with E-state index in [1.54, 1.807) is 23.6 Å². The molecule has 4 heteroatoms. The second kappa shape index (κ2) is 5.13. The molecule has 0 atom stereocenters. The Morgan fingerprint density at radius 2 is 1.90 bits per heavy atom. The van der Waals surface area contributed by atoms with Gasteiger partial charge in [-0.05, 0) is 38.1 Å². The van der Waals surface area contributed by atoms with E-state index >= 15 is 0 Å². The van der Waals surface area contributed by atoms with Crippen LogP contribution in [-0.4, -0.2) is 9.97 Å². The van der Waals surface area contributed by atoms with E-state index in [-0.39, 0.29) is 5.82 Å². The maximum atomic E-state index is 13.8. The van der Waals surface area contributed by atoms with Gasteiger partial charge in [-0.15, -0.1) is 11.3 Å². The first-order chi connectivity index (χ1) is 9.63. The third-order valence-corrected chi connectivity index (χ3v) is 3.85. The van der Waals surface area contributed by atoms with Gasteiger partial charge in [0.15, 0.2) is 0 Å². The highest BCUT2D eigenvalue weighted by Crippen LogP contribution is 2.25. The normalized spacial score (nSPS) is 10.8. The molecule has 0 unspecified atom stereocenters. The first kappa shape index (κ1) is 12.9. The lowest BCUT2D eigenvalue weighted by Crippen LogP contribution is -1.90. The Hall–Kier alpha value is -2.07. The van der Waals surface area contributed by atoms with Crippen molar-refractivity contribution in [2.45, 2.75) is 13.8 Å². The van der Waals surface area contributed by atoms with Crippen molar-refractivity contribution in [3.05, 3.63) is 58.3 Å². The number of aromatic nitrogens is 2. The largest absolute Gasteiger partial charge is 0.255 e. The number of rotatable bonds is 2. The smallest absolute Gasteiger partial charge is 0.132 e. The molecule has 0 aliphatic heterocycles.